The van der Waals surface area contributed by atoms with E-state index >= 15 is 0 Å². The van der Waals surface area contributed by atoms with Crippen LogP contribution in [0.4, 0.5) is 0 Å². The fourth-order valence-electron chi connectivity index (χ4n) is 6.85. The van der Waals surface area contributed by atoms with Crippen LogP contribution in [-0.4, -0.2) is 0 Å². The van der Waals surface area contributed by atoms with Crippen LogP contribution in [0.2, 0.25) is 0 Å². The molecule has 0 spiro atoms. The first-order valence-electron chi connectivity index (χ1n) is 15.8. The number of hydrogen-bond acceptors (Lipinski definition) is 3. The van der Waals surface area contributed by atoms with Gasteiger partial charge in [0.15, 0.2) is 0 Å². The van der Waals surface area contributed by atoms with Crippen molar-refractivity contribution in [2.24, 2.45) is 5.41 Å². The Balaban J connectivity index is 1.41. The first-order valence-corrected chi connectivity index (χ1v) is 16.9. The van der Waals surface area contributed by atoms with E-state index in [-0.39, 0.29) is 10.8 Å². The maximum absolute atomic E-state index is 6.78. The van der Waals surface area contributed by atoms with Gasteiger partial charge in [0.05, 0.1) is 6.26 Å². The van der Waals surface area contributed by atoms with Crippen LogP contribution in [0.5, 0.6) is 11.5 Å². The Labute approximate surface area is 269 Å². The van der Waals surface area contributed by atoms with Crippen LogP contribution in [0.3, 0.4) is 0 Å². The summed E-state index contributed by atoms with van der Waals surface area (Å²) in [6, 6.07) is 27.4. The summed E-state index contributed by atoms with van der Waals surface area (Å²) in [4.78, 5) is 0. The van der Waals surface area contributed by atoms with Gasteiger partial charge in [-0.1, -0.05) is 131 Å². The molecule has 0 fully saturated rings. The molecule has 0 bridgehead atoms. The van der Waals surface area contributed by atoms with Crippen molar-refractivity contribution in [2.45, 2.75) is 65.7 Å². The van der Waals surface area contributed by atoms with E-state index in [2.05, 4.69) is 127 Å². The van der Waals surface area contributed by atoms with E-state index in [9.17, 15) is 0 Å². The third-order valence-electron chi connectivity index (χ3n) is 9.22. The second-order valence-corrected chi connectivity index (χ2v) is 14.7. The van der Waals surface area contributed by atoms with Gasteiger partial charge >= 0.3 is 8.60 Å². The smallest absolute Gasteiger partial charge is 0.416 e. The highest BCUT2D eigenvalue weighted by Crippen LogP contribution is 2.57. The second kappa shape index (κ2) is 12.4. The fourth-order valence-corrected chi connectivity index (χ4v) is 7.81. The van der Waals surface area contributed by atoms with E-state index in [1.165, 1.54) is 27.5 Å². The van der Waals surface area contributed by atoms with E-state index in [4.69, 9.17) is 13.6 Å². The van der Waals surface area contributed by atoms with Crippen LogP contribution >= 0.6 is 8.60 Å². The summed E-state index contributed by atoms with van der Waals surface area (Å²) >= 11 is 0. The van der Waals surface area contributed by atoms with Crippen molar-refractivity contribution in [1.29, 1.82) is 0 Å². The zero-order chi connectivity index (χ0) is 31.8. The number of para-hydroxylation sites is 1. The standard InChI is InChI=1S/C41H43O3P/c1-8-28(2)22-34-27-42-45(44-38-24-29(3)23-36-39(38)33(25-40(34,4)5)26-41(36,6)7)43-37-19-12-10-15-32(37)21-20-31-17-13-16-30-14-9-11-18-35(30)31/h8-24,27,33H,1,25-26H2,2-7H3/b21-20+,28-22-,34-27+/t33-,45?/m0/s1. The lowest BCUT2D eigenvalue weighted by Crippen LogP contribution is -2.20. The van der Waals surface area contributed by atoms with Crippen molar-refractivity contribution < 1.29 is 13.6 Å². The minimum absolute atomic E-state index is 0.0501. The zero-order valence-electron chi connectivity index (χ0n) is 27.3. The molecule has 1 heterocycles. The zero-order valence-corrected chi connectivity index (χ0v) is 28.2. The van der Waals surface area contributed by atoms with Gasteiger partial charge in [-0.25, -0.2) is 0 Å². The molecule has 1 unspecified atom stereocenters. The number of fused-ring (bicyclic) bond motifs is 1. The lowest BCUT2D eigenvalue weighted by Gasteiger charge is -2.32. The number of hydrogen-bond donors (Lipinski definition) is 0. The SMILES string of the molecule is C=C/C(C)=C\C1=C/OP(Oc2ccccc2/C=C/c2cccc3ccccc23)Oc2cc(C)cc3c2[C@@H](CC1(C)C)CC3(C)C. The molecule has 4 heteroatoms. The molecule has 230 valence electrons. The average Bonchev–Trinajstić information content (AvgIpc) is 3.26. The number of rotatable bonds is 6. The number of benzene rings is 4. The topological polar surface area (TPSA) is 27.7 Å². The van der Waals surface area contributed by atoms with Gasteiger partial charge in [-0.15, -0.1) is 0 Å². The predicted octanol–water partition coefficient (Wildman–Crippen LogP) is 12.2. The lowest BCUT2D eigenvalue weighted by molar-refractivity contribution is 0.311. The van der Waals surface area contributed by atoms with E-state index in [0.717, 1.165) is 40.9 Å². The first kappa shape index (κ1) is 30.9. The van der Waals surface area contributed by atoms with Crippen molar-refractivity contribution in [3.05, 3.63) is 143 Å². The summed E-state index contributed by atoms with van der Waals surface area (Å²) in [5.74, 6) is 1.94. The number of aryl methyl sites for hydroxylation is 1. The molecule has 4 aromatic rings. The highest BCUT2D eigenvalue weighted by molar-refractivity contribution is 7.42. The Bertz CT molecular complexity index is 1840. The molecule has 0 amide bonds. The van der Waals surface area contributed by atoms with Crippen LogP contribution in [0.25, 0.3) is 22.9 Å². The Hall–Kier alpha value is -4.07. The van der Waals surface area contributed by atoms with Gasteiger partial charge < -0.3 is 13.6 Å². The third kappa shape index (κ3) is 6.51. The molecule has 3 nitrogen and oxygen atoms in total. The van der Waals surface area contributed by atoms with Gasteiger partial charge in [0, 0.05) is 11.1 Å². The molecular weight excluding hydrogens is 571 g/mol. The molecule has 0 radical (unpaired) electrons. The third-order valence-corrected chi connectivity index (χ3v) is 10.2. The summed E-state index contributed by atoms with van der Waals surface area (Å²) < 4.78 is 19.9. The summed E-state index contributed by atoms with van der Waals surface area (Å²) in [7, 11) is -1.83. The van der Waals surface area contributed by atoms with Gasteiger partial charge in [-0.3, -0.25) is 0 Å². The Kier molecular flexibility index (Phi) is 8.51. The van der Waals surface area contributed by atoms with Gasteiger partial charge in [0.25, 0.3) is 0 Å². The monoisotopic (exact) mass is 614 g/mol. The van der Waals surface area contributed by atoms with Crippen molar-refractivity contribution in [1.82, 2.24) is 0 Å². The van der Waals surface area contributed by atoms with E-state index in [1.807, 2.05) is 30.5 Å². The summed E-state index contributed by atoms with van der Waals surface area (Å²) in [6.07, 6.45) is 12.2. The van der Waals surface area contributed by atoms with E-state index in [1.54, 1.807) is 0 Å². The molecule has 0 saturated carbocycles. The van der Waals surface area contributed by atoms with Crippen molar-refractivity contribution in [3.8, 4) is 11.5 Å². The van der Waals surface area contributed by atoms with Gasteiger partial charge in [0.1, 0.15) is 11.5 Å². The Morgan fingerprint density at radius 3 is 2.40 bits per heavy atom. The molecule has 0 N–H and O–H groups in total. The molecule has 2 atom stereocenters. The molecule has 6 rings (SSSR count). The molecule has 1 aliphatic carbocycles. The van der Waals surface area contributed by atoms with Crippen LogP contribution in [0.1, 0.15) is 81.2 Å². The normalized spacial score (nSPS) is 21.7. The molecule has 0 saturated heterocycles. The van der Waals surface area contributed by atoms with E-state index < -0.39 is 8.60 Å². The van der Waals surface area contributed by atoms with Crippen LogP contribution in [-0.2, 0) is 9.94 Å². The largest absolute Gasteiger partial charge is 0.529 e. The maximum atomic E-state index is 6.78. The van der Waals surface area contributed by atoms with Crippen LogP contribution < -0.4 is 9.05 Å². The predicted molar refractivity (Wildman–Crippen MR) is 191 cm³/mol. The van der Waals surface area contributed by atoms with Gasteiger partial charge in [-0.05, 0) is 88.6 Å². The molecule has 45 heavy (non-hydrogen) atoms. The Morgan fingerprint density at radius 2 is 1.58 bits per heavy atom. The van der Waals surface area contributed by atoms with Gasteiger partial charge in [-0.2, -0.15) is 0 Å². The first-order chi connectivity index (χ1) is 21.5. The summed E-state index contributed by atoms with van der Waals surface area (Å²) in [6.45, 7) is 17.5. The highest BCUT2D eigenvalue weighted by atomic mass is 31.2. The summed E-state index contributed by atoms with van der Waals surface area (Å²) in [5.41, 5.74) is 8.06. The van der Waals surface area contributed by atoms with Crippen LogP contribution in [0, 0.1) is 12.3 Å². The van der Waals surface area contributed by atoms with E-state index in [0.29, 0.717) is 11.7 Å². The molecule has 0 aromatic heterocycles. The molecular formula is C41H43O3P. The molecule has 2 aliphatic rings. The maximum Gasteiger partial charge on any atom is 0.529 e. The summed E-state index contributed by atoms with van der Waals surface area (Å²) in [5, 5.41) is 2.43. The molecule has 1 aliphatic heterocycles. The lowest BCUT2D eigenvalue weighted by atomic mass is 9.74. The van der Waals surface area contributed by atoms with Crippen molar-refractivity contribution in [2.75, 3.05) is 0 Å². The Morgan fingerprint density at radius 1 is 0.889 bits per heavy atom. The highest BCUT2D eigenvalue weighted by Gasteiger charge is 2.43. The quantitative estimate of drug-likeness (QED) is 0.123. The molecule has 4 aromatic carbocycles. The fraction of sp³-hybridized carbons (Fsp3) is 0.268. The van der Waals surface area contributed by atoms with Crippen molar-refractivity contribution >= 4 is 31.5 Å². The minimum Gasteiger partial charge on any atom is -0.416 e. The average molecular weight is 615 g/mol. The number of allylic oxidation sites excluding steroid dienone is 4. The van der Waals surface area contributed by atoms with Gasteiger partial charge in [0.2, 0.25) is 0 Å². The second-order valence-electron chi connectivity index (χ2n) is 13.7. The van der Waals surface area contributed by atoms with Crippen LogP contribution in [0.15, 0.2) is 115 Å². The minimum atomic E-state index is -1.83. The van der Waals surface area contributed by atoms with Crippen molar-refractivity contribution in [3.63, 3.8) is 0 Å².